The van der Waals surface area contributed by atoms with E-state index >= 15 is 0 Å². The van der Waals surface area contributed by atoms with Crippen LogP contribution in [0.15, 0.2) is 48.7 Å². The van der Waals surface area contributed by atoms with Crippen LogP contribution in [-0.2, 0) is 11.2 Å². The van der Waals surface area contributed by atoms with E-state index in [2.05, 4.69) is 11.1 Å². The standard InChI is InChI=1S/C18H20N2O/c19-16(13-6-2-1-3-7-13)12-17(21)15-10-4-8-14-9-5-11-20-18(14)15/h1-3,5-7,9,11,15-16H,4,8,10,12,19H2. The van der Waals surface area contributed by atoms with Crippen molar-refractivity contribution in [3.63, 3.8) is 0 Å². The van der Waals surface area contributed by atoms with Gasteiger partial charge in [-0.05, 0) is 36.5 Å². The molecule has 0 saturated heterocycles. The number of carbonyl (C=O) groups excluding carboxylic acids is 1. The highest BCUT2D eigenvalue weighted by atomic mass is 16.1. The van der Waals surface area contributed by atoms with Crippen molar-refractivity contribution in [3.05, 3.63) is 65.5 Å². The third-order valence-corrected chi connectivity index (χ3v) is 4.23. The molecule has 0 fully saturated rings. The second-order valence-corrected chi connectivity index (χ2v) is 5.68. The Morgan fingerprint density at radius 3 is 2.86 bits per heavy atom. The van der Waals surface area contributed by atoms with Gasteiger partial charge in [0.25, 0.3) is 0 Å². The molecule has 2 N–H and O–H groups in total. The molecule has 1 heterocycles. The Hall–Kier alpha value is -2.00. The van der Waals surface area contributed by atoms with Gasteiger partial charge < -0.3 is 5.73 Å². The van der Waals surface area contributed by atoms with E-state index in [0.717, 1.165) is 30.5 Å². The van der Waals surface area contributed by atoms with Crippen LogP contribution in [0.2, 0.25) is 0 Å². The second kappa shape index (κ2) is 6.19. The first-order valence-corrected chi connectivity index (χ1v) is 7.52. The fourth-order valence-electron chi connectivity index (χ4n) is 3.10. The molecule has 1 aliphatic carbocycles. The summed E-state index contributed by atoms with van der Waals surface area (Å²) >= 11 is 0. The van der Waals surface area contributed by atoms with Crippen molar-refractivity contribution in [2.24, 2.45) is 5.73 Å². The van der Waals surface area contributed by atoms with Gasteiger partial charge in [0.2, 0.25) is 0 Å². The van der Waals surface area contributed by atoms with Crippen molar-refractivity contribution in [2.45, 2.75) is 37.6 Å². The molecule has 0 saturated carbocycles. The molecule has 21 heavy (non-hydrogen) atoms. The summed E-state index contributed by atoms with van der Waals surface area (Å²) in [7, 11) is 0. The van der Waals surface area contributed by atoms with E-state index in [0.29, 0.717) is 6.42 Å². The van der Waals surface area contributed by atoms with Crippen LogP contribution in [0.3, 0.4) is 0 Å². The Kier molecular flexibility index (Phi) is 4.11. The third kappa shape index (κ3) is 3.03. The zero-order valence-electron chi connectivity index (χ0n) is 12.0. The van der Waals surface area contributed by atoms with Crippen LogP contribution >= 0.6 is 0 Å². The zero-order valence-corrected chi connectivity index (χ0v) is 12.0. The number of nitrogens with two attached hydrogens (primary N) is 1. The van der Waals surface area contributed by atoms with Gasteiger partial charge in [-0.2, -0.15) is 0 Å². The molecule has 2 atom stereocenters. The minimum atomic E-state index is -0.229. The number of aromatic nitrogens is 1. The number of nitrogens with zero attached hydrogens (tertiary/aromatic N) is 1. The average molecular weight is 280 g/mol. The highest BCUT2D eigenvalue weighted by molar-refractivity contribution is 5.86. The largest absolute Gasteiger partial charge is 0.324 e. The number of aryl methyl sites for hydroxylation is 1. The van der Waals surface area contributed by atoms with Gasteiger partial charge in [0.1, 0.15) is 5.78 Å². The molecule has 0 radical (unpaired) electrons. The molecule has 2 unspecified atom stereocenters. The van der Waals surface area contributed by atoms with Gasteiger partial charge in [0.05, 0.1) is 11.6 Å². The number of carbonyl (C=O) groups is 1. The van der Waals surface area contributed by atoms with Gasteiger partial charge in [-0.25, -0.2) is 0 Å². The number of hydrogen-bond donors (Lipinski definition) is 1. The van der Waals surface area contributed by atoms with Crippen LogP contribution < -0.4 is 5.73 Å². The number of hydrogen-bond acceptors (Lipinski definition) is 3. The summed E-state index contributed by atoms with van der Waals surface area (Å²) in [5, 5.41) is 0. The first kappa shape index (κ1) is 14.0. The number of Topliss-reactive ketones (excluding diaryl/α,β-unsaturated/α-hetero) is 1. The third-order valence-electron chi connectivity index (χ3n) is 4.23. The Bertz CT molecular complexity index is 624. The summed E-state index contributed by atoms with van der Waals surface area (Å²) in [6.07, 6.45) is 5.13. The SMILES string of the molecule is NC(CC(=O)C1CCCc2cccnc21)c1ccccc1. The minimum absolute atomic E-state index is 0.0790. The maximum Gasteiger partial charge on any atom is 0.143 e. The predicted molar refractivity (Wildman–Crippen MR) is 82.9 cm³/mol. The van der Waals surface area contributed by atoms with Crippen molar-refractivity contribution in [1.82, 2.24) is 4.98 Å². The Balaban J connectivity index is 1.75. The van der Waals surface area contributed by atoms with Crippen LogP contribution in [-0.4, -0.2) is 10.8 Å². The number of fused-ring (bicyclic) bond motifs is 1. The first-order chi connectivity index (χ1) is 10.3. The van der Waals surface area contributed by atoms with Crippen LogP contribution in [0, 0.1) is 0 Å². The number of benzene rings is 1. The smallest absolute Gasteiger partial charge is 0.143 e. The van der Waals surface area contributed by atoms with Gasteiger partial charge in [0, 0.05) is 18.7 Å². The van der Waals surface area contributed by atoms with Crippen LogP contribution in [0.5, 0.6) is 0 Å². The van der Waals surface area contributed by atoms with Crippen molar-refractivity contribution >= 4 is 5.78 Å². The first-order valence-electron chi connectivity index (χ1n) is 7.52. The summed E-state index contributed by atoms with van der Waals surface area (Å²) in [5.41, 5.74) is 9.38. The van der Waals surface area contributed by atoms with Crippen LogP contribution in [0.4, 0.5) is 0 Å². The number of rotatable bonds is 4. The van der Waals surface area contributed by atoms with Crippen molar-refractivity contribution in [3.8, 4) is 0 Å². The lowest BCUT2D eigenvalue weighted by Gasteiger charge is -2.24. The Labute approximate surface area is 125 Å². The maximum atomic E-state index is 12.6. The molecule has 108 valence electrons. The second-order valence-electron chi connectivity index (χ2n) is 5.68. The molecular formula is C18H20N2O. The summed E-state index contributed by atoms with van der Waals surface area (Å²) in [6, 6.07) is 13.6. The Morgan fingerprint density at radius 2 is 2.05 bits per heavy atom. The van der Waals surface area contributed by atoms with E-state index in [1.165, 1.54) is 5.56 Å². The minimum Gasteiger partial charge on any atom is -0.324 e. The molecule has 0 amide bonds. The molecule has 1 aromatic heterocycles. The van der Waals surface area contributed by atoms with Gasteiger partial charge >= 0.3 is 0 Å². The van der Waals surface area contributed by atoms with Crippen molar-refractivity contribution in [1.29, 1.82) is 0 Å². The summed E-state index contributed by atoms with van der Waals surface area (Å²) in [4.78, 5) is 17.1. The van der Waals surface area contributed by atoms with E-state index < -0.39 is 0 Å². The molecule has 3 heteroatoms. The summed E-state index contributed by atoms with van der Waals surface area (Å²) in [6.45, 7) is 0. The highest BCUT2D eigenvalue weighted by Gasteiger charge is 2.28. The van der Waals surface area contributed by atoms with Crippen molar-refractivity contribution < 1.29 is 4.79 Å². The van der Waals surface area contributed by atoms with Gasteiger partial charge in [-0.3, -0.25) is 9.78 Å². The lowest BCUT2D eigenvalue weighted by Crippen LogP contribution is -2.24. The van der Waals surface area contributed by atoms with E-state index in [9.17, 15) is 4.79 Å². The maximum absolute atomic E-state index is 12.6. The summed E-state index contributed by atoms with van der Waals surface area (Å²) < 4.78 is 0. The lowest BCUT2D eigenvalue weighted by molar-refractivity contribution is -0.121. The fraction of sp³-hybridized carbons (Fsp3) is 0.333. The molecule has 3 rings (SSSR count). The molecule has 0 spiro atoms. The topological polar surface area (TPSA) is 56.0 Å². The molecule has 0 bridgehead atoms. The molecule has 1 aromatic carbocycles. The van der Waals surface area contributed by atoms with Gasteiger partial charge in [-0.15, -0.1) is 0 Å². The monoisotopic (exact) mass is 280 g/mol. The van der Waals surface area contributed by atoms with Crippen molar-refractivity contribution in [2.75, 3.05) is 0 Å². The fourth-order valence-corrected chi connectivity index (χ4v) is 3.10. The highest BCUT2D eigenvalue weighted by Crippen LogP contribution is 2.32. The molecular weight excluding hydrogens is 260 g/mol. The van der Waals surface area contributed by atoms with E-state index in [1.54, 1.807) is 6.20 Å². The molecule has 1 aliphatic rings. The van der Waals surface area contributed by atoms with Gasteiger partial charge in [0.15, 0.2) is 0 Å². The number of pyridine rings is 1. The lowest BCUT2D eigenvalue weighted by atomic mass is 9.82. The van der Waals surface area contributed by atoms with E-state index in [-0.39, 0.29) is 17.7 Å². The normalized spacial score (nSPS) is 18.8. The van der Waals surface area contributed by atoms with Crippen LogP contribution in [0.25, 0.3) is 0 Å². The van der Waals surface area contributed by atoms with E-state index in [1.807, 2.05) is 36.4 Å². The summed E-state index contributed by atoms with van der Waals surface area (Å²) in [5.74, 6) is 0.135. The molecule has 3 nitrogen and oxygen atoms in total. The van der Waals surface area contributed by atoms with E-state index in [4.69, 9.17) is 5.73 Å². The predicted octanol–water partition coefficient (Wildman–Crippen LogP) is 3.16. The van der Waals surface area contributed by atoms with Crippen LogP contribution in [0.1, 0.15) is 48.0 Å². The number of ketones is 1. The zero-order chi connectivity index (χ0) is 14.7. The van der Waals surface area contributed by atoms with Gasteiger partial charge in [-0.1, -0.05) is 36.4 Å². The molecule has 0 aliphatic heterocycles. The quantitative estimate of drug-likeness (QED) is 0.936. The average Bonchev–Trinajstić information content (AvgIpc) is 2.55. The Morgan fingerprint density at radius 1 is 1.24 bits per heavy atom. The molecule has 2 aromatic rings.